The number of thiazole rings is 1. The number of nitrogens with one attached hydrogen (secondary N) is 2. The second-order valence-electron chi connectivity index (χ2n) is 6.16. The topological polar surface area (TPSA) is 96.9 Å². The van der Waals surface area contributed by atoms with Crippen molar-refractivity contribution in [3.63, 3.8) is 0 Å². The lowest BCUT2D eigenvalue weighted by Crippen LogP contribution is -2.26. The zero-order chi connectivity index (χ0) is 21.0. The number of aryl methyl sites for hydroxylation is 2. The van der Waals surface area contributed by atoms with Crippen LogP contribution in [0.2, 0.25) is 0 Å². The molecular weight excluding hydrogens is 400 g/mol. The van der Waals surface area contributed by atoms with Crippen molar-refractivity contribution in [2.45, 2.75) is 26.9 Å². The SMILES string of the molecule is Cc1ncc(CNC(=O)c2cnc(CNC(=O)c3cc(F)cc(F)c3)c(C)n2)s1. The van der Waals surface area contributed by atoms with E-state index in [1.165, 1.54) is 17.5 Å². The van der Waals surface area contributed by atoms with E-state index in [1.807, 2.05) is 6.92 Å². The predicted octanol–water partition coefficient (Wildman–Crippen LogP) is 2.69. The van der Waals surface area contributed by atoms with Gasteiger partial charge < -0.3 is 10.6 Å². The molecule has 0 aliphatic rings. The van der Waals surface area contributed by atoms with Crippen LogP contribution in [-0.2, 0) is 13.1 Å². The first-order valence-corrected chi connectivity index (χ1v) is 9.40. The summed E-state index contributed by atoms with van der Waals surface area (Å²) in [4.78, 5) is 37.7. The molecular formula is C19H17F2N5O2S. The second-order valence-corrected chi connectivity index (χ2v) is 7.48. The van der Waals surface area contributed by atoms with Gasteiger partial charge in [0.25, 0.3) is 11.8 Å². The summed E-state index contributed by atoms with van der Waals surface area (Å²) in [5, 5.41) is 6.19. The van der Waals surface area contributed by atoms with Gasteiger partial charge in [-0.15, -0.1) is 11.3 Å². The van der Waals surface area contributed by atoms with Gasteiger partial charge in [0.2, 0.25) is 0 Å². The second kappa shape index (κ2) is 8.82. The van der Waals surface area contributed by atoms with E-state index in [-0.39, 0.29) is 23.7 Å². The van der Waals surface area contributed by atoms with Gasteiger partial charge in [-0.05, 0) is 26.0 Å². The molecule has 3 rings (SSSR count). The molecule has 0 aliphatic carbocycles. The van der Waals surface area contributed by atoms with Crippen molar-refractivity contribution >= 4 is 23.2 Å². The van der Waals surface area contributed by atoms with Gasteiger partial charge in [0.15, 0.2) is 0 Å². The quantitative estimate of drug-likeness (QED) is 0.643. The lowest BCUT2D eigenvalue weighted by Gasteiger charge is -2.09. The number of carbonyl (C=O) groups is 2. The Labute approximate surface area is 169 Å². The Morgan fingerprint density at radius 1 is 0.966 bits per heavy atom. The van der Waals surface area contributed by atoms with E-state index in [2.05, 4.69) is 25.6 Å². The molecule has 29 heavy (non-hydrogen) atoms. The fraction of sp³-hybridized carbons (Fsp3) is 0.211. The summed E-state index contributed by atoms with van der Waals surface area (Å²) in [6.45, 7) is 3.87. The van der Waals surface area contributed by atoms with E-state index >= 15 is 0 Å². The minimum Gasteiger partial charge on any atom is -0.346 e. The Morgan fingerprint density at radius 3 is 2.28 bits per heavy atom. The van der Waals surface area contributed by atoms with Crippen LogP contribution in [0, 0.1) is 25.5 Å². The molecule has 0 fully saturated rings. The molecule has 150 valence electrons. The number of hydrogen-bond acceptors (Lipinski definition) is 6. The molecule has 10 heteroatoms. The first-order valence-electron chi connectivity index (χ1n) is 8.58. The first kappa shape index (κ1) is 20.5. The smallest absolute Gasteiger partial charge is 0.271 e. The van der Waals surface area contributed by atoms with Crippen molar-refractivity contribution in [1.29, 1.82) is 0 Å². The summed E-state index contributed by atoms with van der Waals surface area (Å²) in [7, 11) is 0. The van der Waals surface area contributed by atoms with Crippen molar-refractivity contribution in [2.24, 2.45) is 0 Å². The molecule has 2 aromatic heterocycles. The number of benzene rings is 1. The maximum Gasteiger partial charge on any atom is 0.271 e. The van der Waals surface area contributed by atoms with Gasteiger partial charge in [0.05, 0.1) is 35.7 Å². The highest BCUT2D eigenvalue weighted by molar-refractivity contribution is 7.11. The highest BCUT2D eigenvalue weighted by Gasteiger charge is 2.13. The molecule has 0 saturated carbocycles. The van der Waals surface area contributed by atoms with Crippen LogP contribution in [0.5, 0.6) is 0 Å². The third-order valence-electron chi connectivity index (χ3n) is 3.91. The van der Waals surface area contributed by atoms with Crippen LogP contribution in [0.3, 0.4) is 0 Å². The summed E-state index contributed by atoms with van der Waals surface area (Å²) >= 11 is 1.49. The minimum atomic E-state index is -0.838. The monoisotopic (exact) mass is 417 g/mol. The van der Waals surface area contributed by atoms with Crippen LogP contribution >= 0.6 is 11.3 Å². The molecule has 0 bridgehead atoms. The number of carbonyl (C=O) groups excluding carboxylic acids is 2. The first-order chi connectivity index (χ1) is 13.8. The molecule has 2 heterocycles. The average molecular weight is 417 g/mol. The molecule has 1 aromatic carbocycles. The summed E-state index contributed by atoms with van der Waals surface area (Å²) in [5.41, 5.74) is 0.898. The van der Waals surface area contributed by atoms with E-state index < -0.39 is 17.5 Å². The standard InChI is InChI=1S/C19H17F2N5O2S/c1-10-16(8-25-18(27)12-3-13(20)5-14(21)4-12)23-9-17(26-10)19(28)24-7-15-6-22-11(2)29-15/h3-6,9H,7-8H2,1-2H3,(H,24,28)(H,25,27). The Bertz CT molecular complexity index is 1050. The zero-order valence-corrected chi connectivity index (χ0v) is 16.4. The molecule has 0 atom stereocenters. The van der Waals surface area contributed by atoms with Crippen LogP contribution in [0.15, 0.2) is 30.6 Å². The number of aromatic nitrogens is 3. The number of hydrogen-bond donors (Lipinski definition) is 2. The summed E-state index contributed by atoms with van der Waals surface area (Å²) < 4.78 is 26.5. The molecule has 7 nitrogen and oxygen atoms in total. The van der Waals surface area contributed by atoms with Gasteiger partial charge in [-0.1, -0.05) is 0 Å². The van der Waals surface area contributed by atoms with Gasteiger partial charge in [0.1, 0.15) is 17.3 Å². The third kappa shape index (κ3) is 5.38. The van der Waals surface area contributed by atoms with Crippen LogP contribution in [-0.4, -0.2) is 26.8 Å². The molecule has 2 N–H and O–H groups in total. The zero-order valence-electron chi connectivity index (χ0n) is 15.6. The number of nitrogens with zero attached hydrogens (tertiary/aromatic N) is 3. The maximum absolute atomic E-state index is 13.2. The van der Waals surface area contributed by atoms with Crippen LogP contribution in [0.1, 0.15) is 42.1 Å². The molecule has 3 aromatic rings. The Morgan fingerprint density at radius 2 is 1.66 bits per heavy atom. The fourth-order valence-electron chi connectivity index (χ4n) is 2.49. The molecule has 0 spiro atoms. The van der Waals surface area contributed by atoms with E-state index in [1.54, 1.807) is 13.1 Å². The largest absolute Gasteiger partial charge is 0.346 e. The molecule has 2 amide bonds. The number of amides is 2. The summed E-state index contributed by atoms with van der Waals surface area (Å²) in [6.07, 6.45) is 3.01. The number of halogens is 2. The van der Waals surface area contributed by atoms with Gasteiger partial charge in [-0.25, -0.2) is 18.7 Å². The van der Waals surface area contributed by atoms with Gasteiger partial charge >= 0.3 is 0 Å². The highest BCUT2D eigenvalue weighted by Crippen LogP contribution is 2.11. The predicted molar refractivity (Wildman–Crippen MR) is 102 cm³/mol. The van der Waals surface area contributed by atoms with Gasteiger partial charge in [0, 0.05) is 22.7 Å². The lowest BCUT2D eigenvalue weighted by atomic mass is 10.2. The van der Waals surface area contributed by atoms with Crippen molar-refractivity contribution in [3.8, 4) is 0 Å². The third-order valence-corrected chi connectivity index (χ3v) is 4.83. The molecule has 0 radical (unpaired) electrons. The Balaban J connectivity index is 1.60. The van der Waals surface area contributed by atoms with E-state index in [0.29, 0.717) is 24.0 Å². The fourth-order valence-corrected chi connectivity index (χ4v) is 3.22. The van der Waals surface area contributed by atoms with E-state index in [0.717, 1.165) is 22.0 Å². The normalized spacial score (nSPS) is 10.6. The molecule has 0 saturated heterocycles. The van der Waals surface area contributed by atoms with Crippen molar-refractivity contribution in [1.82, 2.24) is 25.6 Å². The number of rotatable bonds is 6. The van der Waals surface area contributed by atoms with Crippen molar-refractivity contribution in [2.75, 3.05) is 0 Å². The van der Waals surface area contributed by atoms with Crippen LogP contribution < -0.4 is 10.6 Å². The Hall–Kier alpha value is -3.27. The van der Waals surface area contributed by atoms with Crippen LogP contribution in [0.25, 0.3) is 0 Å². The lowest BCUT2D eigenvalue weighted by molar-refractivity contribution is 0.0937. The Kier molecular flexibility index (Phi) is 6.23. The van der Waals surface area contributed by atoms with Crippen molar-refractivity contribution < 1.29 is 18.4 Å². The minimum absolute atomic E-state index is 0.00214. The van der Waals surface area contributed by atoms with E-state index in [9.17, 15) is 18.4 Å². The molecule has 0 unspecified atom stereocenters. The van der Waals surface area contributed by atoms with E-state index in [4.69, 9.17) is 0 Å². The summed E-state index contributed by atoms with van der Waals surface area (Å²) in [5.74, 6) is -2.70. The average Bonchev–Trinajstić information content (AvgIpc) is 3.09. The summed E-state index contributed by atoms with van der Waals surface area (Å²) in [6, 6.07) is 2.57. The van der Waals surface area contributed by atoms with Crippen LogP contribution in [0.4, 0.5) is 8.78 Å². The maximum atomic E-state index is 13.2. The van der Waals surface area contributed by atoms with Gasteiger partial charge in [-0.2, -0.15) is 0 Å². The van der Waals surface area contributed by atoms with Crippen molar-refractivity contribution in [3.05, 3.63) is 74.8 Å². The van der Waals surface area contributed by atoms with Gasteiger partial charge in [-0.3, -0.25) is 14.6 Å². The highest BCUT2D eigenvalue weighted by atomic mass is 32.1. The molecule has 0 aliphatic heterocycles.